The number of amides is 1. The minimum Gasteiger partial charge on any atom is -0.493 e. The van der Waals surface area contributed by atoms with E-state index in [1.54, 1.807) is 43.5 Å². The maximum atomic E-state index is 12.6. The summed E-state index contributed by atoms with van der Waals surface area (Å²) in [7, 11) is 3.16. The van der Waals surface area contributed by atoms with Crippen molar-refractivity contribution in [1.29, 1.82) is 0 Å². The molecule has 1 fully saturated rings. The number of rotatable bonds is 6. The fraction of sp³-hybridized carbons (Fsp3) is 0.136. The van der Waals surface area contributed by atoms with Crippen LogP contribution < -0.4 is 9.47 Å². The van der Waals surface area contributed by atoms with Crippen LogP contribution >= 0.6 is 11.8 Å². The number of carboxylic acid groups (broad SMARTS) is 1. The first-order chi connectivity index (χ1) is 14.4. The Morgan fingerprint density at radius 1 is 1.27 bits per heavy atom. The van der Waals surface area contributed by atoms with Crippen LogP contribution in [-0.4, -0.2) is 47.8 Å². The van der Waals surface area contributed by atoms with Gasteiger partial charge in [0.25, 0.3) is 5.91 Å². The molecule has 7 nitrogen and oxygen atoms in total. The number of carbonyl (C=O) groups is 2. The molecule has 0 aromatic heterocycles. The van der Waals surface area contributed by atoms with E-state index in [0.717, 1.165) is 5.56 Å². The third-order valence-electron chi connectivity index (χ3n) is 4.14. The summed E-state index contributed by atoms with van der Waals surface area (Å²) in [5.41, 5.74) is 1.49. The molecule has 0 spiro atoms. The van der Waals surface area contributed by atoms with Crippen molar-refractivity contribution in [2.75, 3.05) is 20.8 Å². The number of carbonyl (C=O) groups excluding carboxylic acids is 1. The van der Waals surface area contributed by atoms with Crippen LogP contribution in [0.4, 0.5) is 5.69 Å². The first kappa shape index (κ1) is 21.0. The van der Waals surface area contributed by atoms with Gasteiger partial charge in [-0.25, -0.2) is 9.79 Å². The van der Waals surface area contributed by atoms with Gasteiger partial charge in [-0.1, -0.05) is 12.0 Å². The van der Waals surface area contributed by atoms with Gasteiger partial charge in [-0.15, -0.1) is 6.42 Å². The van der Waals surface area contributed by atoms with E-state index in [4.69, 9.17) is 21.0 Å². The molecule has 1 N–H and O–H groups in total. The number of thioether (sulfide) groups is 1. The Bertz CT molecular complexity index is 1080. The van der Waals surface area contributed by atoms with E-state index >= 15 is 0 Å². The van der Waals surface area contributed by atoms with Crippen LogP contribution in [0.5, 0.6) is 11.5 Å². The van der Waals surface area contributed by atoms with Crippen LogP contribution in [0.2, 0.25) is 0 Å². The smallest absolute Gasteiger partial charge is 0.335 e. The van der Waals surface area contributed by atoms with Crippen LogP contribution in [0.3, 0.4) is 0 Å². The quantitative estimate of drug-likeness (QED) is 0.565. The molecule has 8 heteroatoms. The molecule has 30 heavy (non-hydrogen) atoms. The molecule has 1 saturated heterocycles. The van der Waals surface area contributed by atoms with Crippen molar-refractivity contribution < 1.29 is 24.2 Å². The van der Waals surface area contributed by atoms with E-state index in [1.165, 1.54) is 35.9 Å². The second kappa shape index (κ2) is 9.20. The van der Waals surface area contributed by atoms with Crippen molar-refractivity contribution >= 4 is 40.6 Å². The molecule has 2 aromatic carbocycles. The lowest BCUT2D eigenvalue weighted by atomic mass is 10.2. The minimum atomic E-state index is -1.01. The lowest BCUT2D eigenvalue weighted by molar-refractivity contribution is -0.121. The number of ether oxygens (including phenoxy) is 2. The number of aliphatic imine (C=N–C) groups is 1. The predicted octanol–water partition coefficient (Wildman–Crippen LogP) is 3.64. The minimum absolute atomic E-state index is 0.128. The molecule has 1 amide bonds. The van der Waals surface area contributed by atoms with Gasteiger partial charge >= 0.3 is 5.97 Å². The van der Waals surface area contributed by atoms with Crippen LogP contribution in [-0.2, 0) is 4.79 Å². The van der Waals surface area contributed by atoms with Crippen molar-refractivity contribution in [3.63, 3.8) is 0 Å². The van der Waals surface area contributed by atoms with Gasteiger partial charge in [0.1, 0.15) is 6.61 Å². The topological polar surface area (TPSA) is 88.4 Å². The Morgan fingerprint density at radius 2 is 2.00 bits per heavy atom. The highest BCUT2D eigenvalue weighted by atomic mass is 32.2. The number of hydrogen-bond donors (Lipinski definition) is 1. The number of amidine groups is 1. The molecule has 0 unspecified atom stereocenters. The summed E-state index contributed by atoms with van der Waals surface area (Å²) in [6, 6.07) is 11.4. The van der Waals surface area contributed by atoms with Crippen LogP contribution in [0, 0.1) is 12.3 Å². The maximum Gasteiger partial charge on any atom is 0.335 e. The van der Waals surface area contributed by atoms with Crippen LogP contribution in [0.1, 0.15) is 15.9 Å². The van der Waals surface area contributed by atoms with E-state index < -0.39 is 5.97 Å². The molecular formula is C22H18N2O5S. The standard InChI is InChI=1S/C22H18N2O5S/c1-4-11-29-17-10-5-14(12-18(17)28-3)13-19-20(25)24(2)22(30-19)23-16-8-6-15(7-9-16)21(26)27/h1,5-10,12-13H,11H2,2-3H3,(H,26,27)/b19-13-,23-22?. The molecule has 0 saturated carbocycles. The van der Waals surface area contributed by atoms with Gasteiger partial charge in [-0.3, -0.25) is 9.69 Å². The zero-order chi connectivity index (χ0) is 21.7. The number of benzene rings is 2. The van der Waals surface area contributed by atoms with Crippen molar-refractivity contribution in [1.82, 2.24) is 4.90 Å². The van der Waals surface area contributed by atoms with E-state index in [-0.39, 0.29) is 18.1 Å². The summed E-state index contributed by atoms with van der Waals surface area (Å²) in [6.45, 7) is 0.128. The van der Waals surface area contributed by atoms with Gasteiger partial charge < -0.3 is 14.6 Å². The van der Waals surface area contributed by atoms with E-state index in [1.807, 2.05) is 0 Å². The van der Waals surface area contributed by atoms with Crippen LogP contribution in [0.25, 0.3) is 6.08 Å². The fourth-order valence-electron chi connectivity index (χ4n) is 2.60. The highest BCUT2D eigenvalue weighted by molar-refractivity contribution is 8.18. The molecule has 1 aliphatic heterocycles. The van der Waals surface area contributed by atoms with E-state index in [9.17, 15) is 9.59 Å². The molecule has 152 valence electrons. The fourth-order valence-corrected chi connectivity index (χ4v) is 3.59. The molecule has 3 rings (SSSR count). The summed E-state index contributed by atoms with van der Waals surface area (Å²) in [6.07, 6.45) is 6.96. The second-order valence-electron chi connectivity index (χ2n) is 6.12. The van der Waals surface area contributed by atoms with E-state index in [0.29, 0.717) is 27.3 Å². The number of likely N-dealkylation sites (N-methyl/N-ethyl adjacent to an activating group) is 1. The highest BCUT2D eigenvalue weighted by Crippen LogP contribution is 2.35. The molecule has 1 heterocycles. The van der Waals surface area contributed by atoms with Crippen molar-refractivity contribution in [3.05, 3.63) is 58.5 Å². The number of methoxy groups -OCH3 is 1. The van der Waals surface area contributed by atoms with Gasteiger partial charge in [0.15, 0.2) is 16.7 Å². The predicted molar refractivity (Wildman–Crippen MR) is 116 cm³/mol. The Balaban J connectivity index is 1.84. The average molecular weight is 422 g/mol. The van der Waals surface area contributed by atoms with Crippen molar-refractivity contribution in [2.24, 2.45) is 4.99 Å². The lowest BCUT2D eigenvalue weighted by Crippen LogP contribution is -2.23. The third-order valence-corrected chi connectivity index (χ3v) is 5.20. The second-order valence-corrected chi connectivity index (χ2v) is 7.13. The molecule has 0 atom stereocenters. The first-order valence-electron chi connectivity index (χ1n) is 8.77. The molecule has 0 radical (unpaired) electrons. The maximum absolute atomic E-state index is 12.6. The number of terminal acetylenes is 1. The first-order valence-corrected chi connectivity index (χ1v) is 9.58. The summed E-state index contributed by atoms with van der Waals surface area (Å²) < 4.78 is 10.8. The molecule has 1 aliphatic rings. The molecule has 0 bridgehead atoms. The number of nitrogens with zero attached hydrogens (tertiary/aromatic N) is 2. The number of carboxylic acids is 1. The van der Waals surface area contributed by atoms with E-state index in [2.05, 4.69) is 10.9 Å². The molecular weight excluding hydrogens is 404 g/mol. The van der Waals surface area contributed by atoms with Crippen molar-refractivity contribution in [3.8, 4) is 23.8 Å². The average Bonchev–Trinajstić information content (AvgIpc) is 3.00. The Kier molecular flexibility index (Phi) is 6.45. The summed E-state index contributed by atoms with van der Waals surface area (Å²) >= 11 is 1.23. The van der Waals surface area contributed by atoms with Crippen molar-refractivity contribution in [2.45, 2.75) is 0 Å². The van der Waals surface area contributed by atoms with Gasteiger partial charge in [0.2, 0.25) is 0 Å². The largest absolute Gasteiger partial charge is 0.493 e. The SMILES string of the molecule is C#CCOc1ccc(/C=C2\SC(=Nc3ccc(C(=O)O)cc3)N(C)C2=O)cc1OC. The van der Waals surface area contributed by atoms with Gasteiger partial charge in [-0.2, -0.15) is 0 Å². The number of hydrogen-bond acceptors (Lipinski definition) is 6. The summed E-state index contributed by atoms with van der Waals surface area (Å²) in [4.78, 5) is 30.0. The van der Waals surface area contributed by atoms with Crippen LogP contribution in [0.15, 0.2) is 52.4 Å². The Morgan fingerprint density at radius 3 is 2.63 bits per heavy atom. The molecule has 0 aliphatic carbocycles. The summed E-state index contributed by atoms with van der Waals surface area (Å²) in [5.74, 6) is 2.24. The zero-order valence-corrected chi connectivity index (χ0v) is 17.1. The Labute approximate surface area is 178 Å². The molecule has 2 aromatic rings. The Hall–Kier alpha value is -3.70. The van der Waals surface area contributed by atoms with Gasteiger partial charge in [0, 0.05) is 7.05 Å². The summed E-state index contributed by atoms with van der Waals surface area (Å²) in [5, 5.41) is 9.48. The monoisotopic (exact) mass is 422 g/mol. The number of aromatic carboxylic acids is 1. The lowest BCUT2D eigenvalue weighted by Gasteiger charge is -2.09. The third kappa shape index (κ3) is 4.64. The zero-order valence-electron chi connectivity index (χ0n) is 16.3. The van der Waals surface area contributed by atoms with Gasteiger partial charge in [-0.05, 0) is 59.8 Å². The van der Waals surface area contributed by atoms with Gasteiger partial charge in [0.05, 0.1) is 23.3 Å². The normalized spacial score (nSPS) is 16.0. The highest BCUT2D eigenvalue weighted by Gasteiger charge is 2.30.